The van der Waals surface area contributed by atoms with Crippen molar-refractivity contribution in [3.05, 3.63) is 47.0 Å². The lowest BCUT2D eigenvalue weighted by Gasteiger charge is -2.54. The molecule has 35 heavy (non-hydrogen) atoms. The number of nitrogens with one attached hydrogen (secondary N) is 1. The average molecular weight is 485 g/mol. The van der Waals surface area contributed by atoms with Crippen molar-refractivity contribution >= 4 is 18.2 Å². The molecule has 1 saturated carbocycles. The van der Waals surface area contributed by atoms with E-state index in [-0.39, 0.29) is 16.9 Å². The summed E-state index contributed by atoms with van der Waals surface area (Å²) < 4.78 is 0. The van der Waals surface area contributed by atoms with Crippen molar-refractivity contribution in [2.45, 2.75) is 83.7 Å². The number of oxime groups is 1. The third-order valence-corrected chi connectivity index (χ3v) is 8.03. The Morgan fingerprint density at radius 3 is 2.46 bits per heavy atom. The Morgan fingerprint density at radius 1 is 1.14 bits per heavy atom. The van der Waals surface area contributed by atoms with Crippen LogP contribution in [0.2, 0.25) is 0 Å². The van der Waals surface area contributed by atoms with Crippen LogP contribution in [0.4, 0.5) is 0 Å². The normalized spacial score (nSPS) is 30.0. The van der Waals surface area contributed by atoms with Crippen LogP contribution in [0.5, 0.6) is 0 Å². The standard InChI is InChI=1S/C24H36N2O.C4H4O4/c1-17(2)18-6-8-21-19(14-18)7-9-22-23(3,11-5-12-24(21,22)4)16-26-27-20-10-13-25-15-20;5-3(6)1-2-4(7)8/h6,8,14,16-17,20,22,25H,5,7,9-13,15H2,1-4H3;1-2H,(H,5,6)(H,7,8)/b26-16-;2-1+/t20-,22-,23-,24+;/m0./s1. The summed E-state index contributed by atoms with van der Waals surface area (Å²) in [7, 11) is 0. The van der Waals surface area contributed by atoms with Crippen LogP contribution in [0.1, 0.15) is 82.4 Å². The highest BCUT2D eigenvalue weighted by atomic mass is 16.6. The fourth-order valence-electron chi connectivity index (χ4n) is 6.17. The summed E-state index contributed by atoms with van der Waals surface area (Å²) in [5.41, 5.74) is 5.07. The highest BCUT2D eigenvalue weighted by Gasteiger charge is 2.51. The lowest BCUT2D eigenvalue weighted by atomic mass is 9.50. The Labute approximate surface area is 208 Å². The van der Waals surface area contributed by atoms with Gasteiger partial charge in [-0.2, -0.15) is 0 Å². The molecule has 192 valence electrons. The number of carboxylic acids is 2. The predicted octanol–water partition coefficient (Wildman–Crippen LogP) is 4.90. The zero-order valence-corrected chi connectivity index (χ0v) is 21.4. The molecule has 1 heterocycles. The van der Waals surface area contributed by atoms with Crippen LogP contribution in [0.25, 0.3) is 0 Å². The molecule has 4 rings (SSSR count). The van der Waals surface area contributed by atoms with Crippen LogP contribution < -0.4 is 5.32 Å². The van der Waals surface area contributed by atoms with Crippen molar-refractivity contribution in [3.8, 4) is 0 Å². The third-order valence-electron chi connectivity index (χ3n) is 8.03. The van der Waals surface area contributed by atoms with Gasteiger partial charge in [0.15, 0.2) is 0 Å². The topological polar surface area (TPSA) is 108 Å². The van der Waals surface area contributed by atoms with Crippen LogP contribution in [-0.2, 0) is 26.3 Å². The molecule has 4 atom stereocenters. The first-order valence-electron chi connectivity index (χ1n) is 12.7. The molecule has 2 fully saturated rings. The SMILES string of the molecule is CC(C)c1ccc2c(c1)CC[C@H]1[C@](C)(/C=N\O[C@H]3CCNC3)CCC[C@]21C.O=C(O)/C=C/C(=O)O. The quantitative estimate of drug-likeness (QED) is 0.301. The van der Waals surface area contributed by atoms with Crippen LogP contribution in [-0.4, -0.2) is 47.6 Å². The van der Waals surface area contributed by atoms with Gasteiger partial charge in [0.2, 0.25) is 0 Å². The van der Waals surface area contributed by atoms with E-state index in [2.05, 4.69) is 62.6 Å². The molecule has 0 spiro atoms. The lowest BCUT2D eigenvalue weighted by Crippen LogP contribution is -2.49. The molecule has 2 aliphatic carbocycles. The highest BCUT2D eigenvalue weighted by Crippen LogP contribution is 2.56. The number of aliphatic carboxylic acids is 2. The Bertz CT molecular complexity index is 950. The van der Waals surface area contributed by atoms with Gasteiger partial charge in [-0.25, -0.2) is 9.59 Å². The largest absolute Gasteiger partial charge is 0.478 e. The first-order valence-corrected chi connectivity index (χ1v) is 12.7. The van der Waals surface area contributed by atoms with E-state index in [1.807, 2.05) is 0 Å². The molecular formula is C28H40N2O5. The Hall–Kier alpha value is -2.67. The van der Waals surface area contributed by atoms with Crippen LogP contribution in [0, 0.1) is 11.3 Å². The first kappa shape index (κ1) is 26.9. The van der Waals surface area contributed by atoms with E-state index in [1.54, 1.807) is 11.1 Å². The van der Waals surface area contributed by atoms with E-state index in [0.29, 0.717) is 24.0 Å². The first-order chi connectivity index (χ1) is 16.5. The second-order valence-corrected chi connectivity index (χ2v) is 10.9. The lowest BCUT2D eigenvalue weighted by molar-refractivity contribution is -0.134. The molecule has 0 amide bonds. The van der Waals surface area contributed by atoms with Gasteiger partial charge >= 0.3 is 11.9 Å². The molecule has 1 saturated heterocycles. The van der Waals surface area contributed by atoms with Gasteiger partial charge in [-0.05, 0) is 66.2 Å². The van der Waals surface area contributed by atoms with Gasteiger partial charge < -0.3 is 20.4 Å². The molecule has 0 radical (unpaired) electrons. The molecule has 0 unspecified atom stereocenters. The van der Waals surface area contributed by atoms with Crippen LogP contribution >= 0.6 is 0 Å². The monoisotopic (exact) mass is 484 g/mol. The second-order valence-electron chi connectivity index (χ2n) is 10.9. The Balaban J connectivity index is 0.000000371. The number of nitrogens with zero attached hydrogens (tertiary/aromatic N) is 1. The molecule has 7 heteroatoms. The number of carboxylic acid groups (broad SMARTS) is 2. The van der Waals surface area contributed by atoms with Gasteiger partial charge in [-0.15, -0.1) is 0 Å². The van der Waals surface area contributed by atoms with Gasteiger partial charge in [-0.1, -0.05) is 57.5 Å². The molecule has 0 aromatic heterocycles. The summed E-state index contributed by atoms with van der Waals surface area (Å²) >= 11 is 0. The number of carbonyl (C=O) groups is 2. The van der Waals surface area contributed by atoms with Gasteiger partial charge in [0.25, 0.3) is 0 Å². The maximum Gasteiger partial charge on any atom is 0.328 e. The van der Waals surface area contributed by atoms with Gasteiger partial charge in [0.1, 0.15) is 6.10 Å². The number of hydrogen-bond donors (Lipinski definition) is 3. The van der Waals surface area contributed by atoms with Gasteiger partial charge in [-0.3, -0.25) is 0 Å². The minimum Gasteiger partial charge on any atom is -0.478 e. The van der Waals surface area contributed by atoms with E-state index in [4.69, 9.17) is 15.1 Å². The summed E-state index contributed by atoms with van der Waals surface area (Å²) in [6, 6.07) is 7.30. The summed E-state index contributed by atoms with van der Waals surface area (Å²) in [5, 5.41) is 23.5. The molecular weight excluding hydrogens is 444 g/mol. The maximum absolute atomic E-state index is 9.55. The van der Waals surface area contributed by atoms with Crippen molar-refractivity contribution in [2.24, 2.45) is 16.5 Å². The second kappa shape index (κ2) is 11.4. The minimum absolute atomic E-state index is 0.132. The molecule has 7 nitrogen and oxygen atoms in total. The molecule has 1 aliphatic heterocycles. The molecule has 0 bridgehead atoms. The van der Waals surface area contributed by atoms with Crippen molar-refractivity contribution < 1.29 is 24.6 Å². The molecule has 1 aromatic rings. The zero-order valence-electron chi connectivity index (χ0n) is 21.4. The summed E-state index contributed by atoms with van der Waals surface area (Å²) in [6.45, 7) is 11.5. The van der Waals surface area contributed by atoms with Crippen LogP contribution in [0.3, 0.4) is 0 Å². The fraction of sp³-hybridized carbons (Fsp3) is 0.607. The van der Waals surface area contributed by atoms with E-state index in [0.717, 1.165) is 19.5 Å². The van der Waals surface area contributed by atoms with E-state index in [1.165, 1.54) is 37.7 Å². The molecule has 3 N–H and O–H groups in total. The van der Waals surface area contributed by atoms with Gasteiger partial charge in [0.05, 0.1) is 0 Å². The van der Waals surface area contributed by atoms with E-state index in [9.17, 15) is 9.59 Å². The van der Waals surface area contributed by atoms with Crippen molar-refractivity contribution in [1.82, 2.24) is 5.32 Å². The molecule has 3 aliphatic rings. The summed E-state index contributed by atoms with van der Waals surface area (Å²) in [4.78, 5) is 24.9. The predicted molar refractivity (Wildman–Crippen MR) is 137 cm³/mol. The van der Waals surface area contributed by atoms with E-state index < -0.39 is 11.9 Å². The Kier molecular flexibility index (Phi) is 8.75. The maximum atomic E-state index is 9.55. The third kappa shape index (κ3) is 6.51. The number of rotatable bonds is 6. The highest BCUT2D eigenvalue weighted by molar-refractivity contribution is 5.89. The Morgan fingerprint density at radius 2 is 1.86 bits per heavy atom. The van der Waals surface area contributed by atoms with Gasteiger partial charge in [0, 0.05) is 36.7 Å². The summed E-state index contributed by atoms with van der Waals surface area (Å²) in [5.74, 6) is -1.27. The summed E-state index contributed by atoms with van der Waals surface area (Å²) in [6.07, 6.45) is 10.9. The minimum atomic E-state index is -1.26. The number of hydrogen-bond acceptors (Lipinski definition) is 5. The smallest absolute Gasteiger partial charge is 0.328 e. The van der Waals surface area contributed by atoms with E-state index >= 15 is 0 Å². The van der Waals surface area contributed by atoms with Crippen molar-refractivity contribution in [2.75, 3.05) is 13.1 Å². The zero-order chi connectivity index (χ0) is 25.6. The number of benzene rings is 1. The number of fused-ring (bicyclic) bond motifs is 3. The molecule has 1 aromatic carbocycles. The van der Waals surface area contributed by atoms with Crippen molar-refractivity contribution in [3.63, 3.8) is 0 Å². The van der Waals surface area contributed by atoms with Crippen LogP contribution in [0.15, 0.2) is 35.5 Å². The average Bonchev–Trinajstić information content (AvgIpc) is 3.31. The van der Waals surface area contributed by atoms with Crippen molar-refractivity contribution in [1.29, 1.82) is 0 Å². The fourth-order valence-corrected chi connectivity index (χ4v) is 6.17. The number of aryl methyl sites for hydroxylation is 1.